The molecule has 2 aromatic heterocycles. The molecular weight excluding hydrogens is 384 g/mol. The molecule has 0 aliphatic carbocycles. The highest BCUT2D eigenvalue weighted by Gasteiger charge is 2.32. The average molecular weight is 415 g/mol. The Hall–Kier alpha value is -2.78. The van der Waals surface area contributed by atoms with Crippen molar-refractivity contribution >= 4 is 11.8 Å². The first-order valence-corrected chi connectivity index (χ1v) is 10.8. The third kappa shape index (κ3) is 3.70. The molecular formula is C20H30N8O2. The number of carbonyl (C=O) groups excluding carboxylic acids is 2. The summed E-state index contributed by atoms with van der Waals surface area (Å²) in [5, 5.41) is 22.8. The van der Waals surface area contributed by atoms with Crippen molar-refractivity contribution in [2.75, 3.05) is 0 Å². The summed E-state index contributed by atoms with van der Waals surface area (Å²) in [7, 11) is 0. The summed E-state index contributed by atoms with van der Waals surface area (Å²) in [5.74, 6) is 2.10. The van der Waals surface area contributed by atoms with Crippen LogP contribution in [0.25, 0.3) is 0 Å². The number of carbonyl (C=O) groups is 2. The molecule has 4 rings (SSSR count). The van der Waals surface area contributed by atoms with Gasteiger partial charge in [-0.05, 0) is 24.7 Å². The van der Waals surface area contributed by atoms with Crippen molar-refractivity contribution in [3.8, 4) is 0 Å². The lowest BCUT2D eigenvalue weighted by Crippen LogP contribution is -2.45. The van der Waals surface area contributed by atoms with E-state index in [4.69, 9.17) is 0 Å². The van der Waals surface area contributed by atoms with Crippen molar-refractivity contribution in [3.63, 3.8) is 0 Å². The molecule has 2 aromatic rings. The van der Waals surface area contributed by atoms with Gasteiger partial charge in [0.1, 0.15) is 11.6 Å². The van der Waals surface area contributed by atoms with Crippen LogP contribution < -0.4 is 10.6 Å². The minimum atomic E-state index is -0.671. The Balaban J connectivity index is 1.48. The number of amides is 2. The van der Waals surface area contributed by atoms with E-state index in [0.717, 1.165) is 50.4 Å². The van der Waals surface area contributed by atoms with E-state index in [1.54, 1.807) is 0 Å². The summed E-state index contributed by atoms with van der Waals surface area (Å²) in [4.78, 5) is 25.6. The van der Waals surface area contributed by atoms with Gasteiger partial charge in [-0.3, -0.25) is 9.59 Å². The van der Waals surface area contributed by atoms with Gasteiger partial charge >= 0.3 is 11.8 Å². The maximum Gasteiger partial charge on any atom is 0.309 e. The summed E-state index contributed by atoms with van der Waals surface area (Å²) in [6.07, 6.45) is 3.83. The lowest BCUT2D eigenvalue weighted by atomic mass is 10.0. The van der Waals surface area contributed by atoms with Crippen LogP contribution in [0.5, 0.6) is 0 Å². The van der Waals surface area contributed by atoms with Crippen molar-refractivity contribution in [2.24, 2.45) is 11.8 Å². The number of nitrogens with zero attached hydrogens (tertiary/aromatic N) is 6. The molecule has 2 aliphatic rings. The molecule has 4 heterocycles. The quantitative estimate of drug-likeness (QED) is 0.683. The second-order valence-corrected chi connectivity index (χ2v) is 8.85. The zero-order valence-corrected chi connectivity index (χ0v) is 18.1. The van der Waals surface area contributed by atoms with E-state index >= 15 is 0 Å². The fourth-order valence-electron chi connectivity index (χ4n) is 4.28. The van der Waals surface area contributed by atoms with Crippen LogP contribution in [0.4, 0.5) is 0 Å². The third-order valence-electron chi connectivity index (χ3n) is 5.95. The highest BCUT2D eigenvalue weighted by Crippen LogP contribution is 2.26. The molecule has 10 heteroatoms. The summed E-state index contributed by atoms with van der Waals surface area (Å²) >= 11 is 0. The van der Waals surface area contributed by atoms with Crippen LogP contribution in [0.1, 0.15) is 75.9 Å². The minimum absolute atomic E-state index is 0.0660. The van der Waals surface area contributed by atoms with Crippen LogP contribution in [-0.2, 0) is 35.5 Å². The zero-order chi connectivity index (χ0) is 21.4. The monoisotopic (exact) mass is 414 g/mol. The summed E-state index contributed by atoms with van der Waals surface area (Å²) < 4.78 is 4.11. The minimum Gasteiger partial charge on any atom is -0.338 e. The molecule has 10 nitrogen and oxygen atoms in total. The number of hydrogen-bond donors (Lipinski definition) is 2. The predicted molar refractivity (Wildman–Crippen MR) is 108 cm³/mol. The molecule has 162 valence electrons. The summed E-state index contributed by atoms with van der Waals surface area (Å²) in [5.41, 5.74) is 0. The maximum absolute atomic E-state index is 12.8. The molecule has 0 spiro atoms. The summed E-state index contributed by atoms with van der Waals surface area (Å²) in [6.45, 7) is 9.67. The topological polar surface area (TPSA) is 120 Å². The van der Waals surface area contributed by atoms with Gasteiger partial charge in [-0.25, -0.2) is 0 Å². The number of hydrogen-bond acceptors (Lipinski definition) is 6. The fraction of sp³-hybridized carbons (Fsp3) is 0.700. The molecule has 30 heavy (non-hydrogen) atoms. The Morgan fingerprint density at radius 3 is 1.50 bits per heavy atom. The van der Waals surface area contributed by atoms with E-state index < -0.39 is 11.8 Å². The van der Waals surface area contributed by atoms with E-state index in [0.29, 0.717) is 11.6 Å². The predicted octanol–water partition coefficient (Wildman–Crippen LogP) is 1.09. The highest BCUT2D eigenvalue weighted by molar-refractivity contribution is 6.35. The summed E-state index contributed by atoms with van der Waals surface area (Å²) in [6, 6.07) is -0.755. The van der Waals surface area contributed by atoms with Crippen LogP contribution in [0.15, 0.2) is 0 Å². The molecule has 2 amide bonds. The molecule has 0 saturated heterocycles. The van der Waals surface area contributed by atoms with Gasteiger partial charge in [0.25, 0.3) is 0 Å². The Morgan fingerprint density at radius 1 is 0.733 bits per heavy atom. The van der Waals surface area contributed by atoms with Gasteiger partial charge in [0, 0.05) is 25.9 Å². The Morgan fingerprint density at radius 2 is 1.13 bits per heavy atom. The van der Waals surface area contributed by atoms with Crippen LogP contribution in [0, 0.1) is 11.8 Å². The molecule has 2 unspecified atom stereocenters. The standard InChI is InChI=1S/C20H30N8O2/c1-11(2)15(17-25-23-13-7-5-9-27(13)17)21-19(29)20(30)22-16(12(3)4)18-26-24-14-8-6-10-28(14)18/h11-12,15-16H,5-10H2,1-4H3,(H,21,29)(H,22,30). The third-order valence-corrected chi connectivity index (χ3v) is 5.95. The van der Waals surface area contributed by atoms with Crippen molar-refractivity contribution in [3.05, 3.63) is 23.3 Å². The van der Waals surface area contributed by atoms with Crippen molar-refractivity contribution in [2.45, 2.75) is 78.6 Å². The number of aromatic nitrogens is 6. The largest absolute Gasteiger partial charge is 0.338 e. The van der Waals surface area contributed by atoms with E-state index in [9.17, 15) is 9.59 Å². The van der Waals surface area contributed by atoms with Gasteiger partial charge in [0.2, 0.25) is 0 Å². The molecule has 0 fully saturated rings. The van der Waals surface area contributed by atoms with E-state index in [2.05, 4.69) is 40.2 Å². The number of rotatable bonds is 6. The van der Waals surface area contributed by atoms with Gasteiger partial charge in [-0.15, -0.1) is 20.4 Å². The number of nitrogens with one attached hydrogen (secondary N) is 2. The smallest absolute Gasteiger partial charge is 0.309 e. The van der Waals surface area contributed by atoms with Gasteiger partial charge in [0.05, 0.1) is 12.1 Å². The van der Waals surface area contributed by atoms with Crippen LogP contribution >= 0.6 is 0 Å². The maximum atomic E-state index is 12.8. The van der Waals surface area contributed by atoms with Gasteiger partial charge in [-0.2, -0.15) is 0 Å². The molecule has 0 saturated carbocycles. The lowest BCUT2D eigenvalue weighted by Gasteiger charge is -2.24. The van der Waals surface area contributed by atoms with Crippen LogP contribution in [0.2, 0.25) is 0 Å². The molecule has 0 bridgehead atoms. The van der Waals surface area contributed by atoms with Gasteiger partial charge < -0.3 is 19.8 Å². The van der Waals surface area contributed by atoms with Crippen molar-refractivity contribution in [1.82, 2.24) is 40.2 Å². The Bertz CT molecular complexity index is 869. The fourth-order valence-corrected chi connectivity index (χ4v) is 4.28. The SMILES string of the molecule is CC(C)C(NC(=O)C(=O)NC(c1nnc2n1CCC2)C(C)C)c1nnc2n1CCC2. The lowest BCUT2D eigenvalue weighted by molar-refractivity contribution is -0.140. The average Bonchev–Trinajstić information content (AvgIpc) is 3.45. The molecule has 0 radical (unpaired) electrons. The zero-order valence-electron chi connectivity index (χ0n) is 18.1. The highest BCUT2D eigenvalue weighted by atomic mass is 16.2. The Kier molecular flexibility index (Phi) is 5.57. The first-order valence-electron chi connectivity index (χ1n) is 10.8. The van der Waals surface area contributed by atoms with E-state index in [1.807, 2.05) is 27.7 Å². The second-order valence-electron chi connectivity index (χ2n) is 8.85. The van der Waals surface area contributed by atoms with E-state index in [-0.39, 0.29) is 23.9 Å². The normalized spacial score (nSPS) is 17.1. The molecule has 0 aromatic carbocycles. The first kappa shape index (κ1) is 20.5. The number of fused-ring (bicyclic) bond motifs is 2. The van der Waals surface area contributed by atoms with Crippen molar-refractivity contribution < 1.29 is 9.59 Å². The van der Waals surface area contributed by atoms with Gasteiger partial charge in [-0.1, -0.05) is 27.7 Å². The second kappa shape index (κ2) is 8.16. The molecule has 2 N–H and O–H groups in total. The Labute approximate surface area is 175 Å². The molecule has 2 atom stereocenters. The van der Waals surface area contributed by atoms with E-state index in [1.165, 1.54) is 0 Å². The number of aryl methyl sites for hydroxylation is 2. The first-order chi connectivity index (χ1) is 14.4. The van der Waals surface area contributed by atoms with Crippen LogP contribution in [0.3, 0.4) is 0 Å². The van der Waals surface area contributed by atoms with Gasteiger partial charge in [0.15, 0.2) is 11.6 Å². The van der Waals surface area contributed by atoms with Crippen molar-refractivity contribution in [1.29, 1.82) is 0 Å². The molecule has 2 aliphatic heterocycles. The van der Waals surface area contributed by atoms with Crippen LogP contribution in [-0.4, -0.2) is 41.3 Å².